The highest BCUT2D eigenvalue weighted by Gasteiger charge is 2.49. The number of rotatable bonds is 6. The lowest BCUT2D eigenvalue weighted by atomic mass is 9.95. The topological polar surface area (TPSA) is 86.6 Å². The van der Waals surface area contributed by atoms with Crippen molar-refractivity contribution < 1.29 is 18.6 Å². The van der Waals surface area contributed by atoms with Crippen LogP contribution in [0.25, 0.3) is 22.3 Å². The number of nitrogens with one attached hydrogen (secondary N) is 1. The van der Waals surface area contributed by atoms with Crippen LogP contribution in [-0.2, 0) is 0 Å². The summed E-state index contributed by atoms with van der Waals surface area (Å²) in [6.45, 7) is 3.11. The van der Waals surface area contributed by atoms with Gasteiger partial charge in [-0.1, -0.05) is 11.6 Å². The predicted molar refractivity (Wildman–Crippen MR) is 152 cm³/mol. The Labute approximate surface area is 242 Å². The predicted octanol–water partition coefficient (Wildman–Crippen LogP) is 4.96. The number of phenols is 1. The summed E-state index contributed by atoms with van der Waals surface area (Å²) in [4.78, 5) is 18.6. The number of benzene rings is 1. The molecule has 41 heavy (non-hydrogen) atoms. The van der Waals surface area contributed by atoms with Crippen molar-refractivity contribution in [2.24, 2.45) is 0 Å². The number of piperazine rings is 1. The van der Waals surface area contributed by atoms with Crippen LogP contribution in [0.4, 0.5) is 14.6 Å². The van der Waals surface area contributed by atoms with E-state index in [1.807, 2.05) is 0 Å². The van der Waals surface area contributed by atoms with Gasteiger partial charge in [-0.05, 0) is 74.8 Å². The number of alkyl halides is 1. The first-order valence-corrected chi connectivity index (χ1v) is 15.2. The van der Waals surface area contributed by atoms with Crippen molar-refractivity contribution in [1.29, 1.82) is 0 Å². The van der Waals surface area contributed by atoms with Crippen LogP contribution in [0.5, 0.6) is 11.8 Å². The van der Waals surface area contributed by atoms with E-state index in [-0.39, 0.29) is 28.9 Å². The van der Waals surface area contributed by atoms with Gasteiger partial charge in [-0.25, -0.2) is 13.8 Å². The lowest BCUT2D eigenvalue weighted by molar-refractivity contribution is 0.107. The monoisotopic (exact) mass is 582 g/mol. The van der Waals surface area contributed by atoms with E-state index < -0.39 is 12.0 Å². The van der Waals surface area contributed by atoms with E-state index in [1.54, 1.807) is 0 Å². The Morgan fingerprint density at radius 1 is 1.07 bits per heavy atom. The van der Waals surface area contributed by atoms with Crippen LogP contribution in [0.3, 0.4) is 0 Å². The summed E-state index contributed by atoms with van der Waals surface area (Å²) < 4.78 is 36.6. The highest BCUT2D eigenvalue weighted by Crippen LogP contribution is 2.49. The molecule has 1 aliphatic carbocycles. The summed E-state index contributed by atoms with van der Waals surface area (Å²) in [6, 6.07) is 5.36. The first-order chi connectivity index (χ1) is 19.8. The normalized spacial score (nSPS) is 29.4. The van der Waals surface area contributed by atoms with Crippen LogP contribution in [0, 0.1) is 5.82 Å². The largest absolute Gasteiger partial charge is 0.508 e. The number of ether oxygens (including phenoxy) is 1. The molecule has 6 heterocycles. The third-order valence-electron chi connectivity index (χ3n) is 9.70. The van der Waals surface area contributed by atoms with Gasteiger partial charge in [0, 0.05) is 48.7 Å². The van der Waals surface area contributed by atoms with Crippen molar-refractivity contribution in [3.63, 3.8) is 0 Å². The molecule has 5 fully saturated rings. The molecule has 0 radical (unpaired) electrons. The summed E-state index contributed by atoms with van der Waals surface area (Å²) in [7, 11) is 0. The smallest absolute Gasteiger partial charge is 0.320 e. The average molecular weight is 583 g/mol. The van der Waals surface area contributed by atoms with E-state index in [2.05, 4.69) is 20.1 Å². The van der Waals surface area contributed by atoms with E-state index in [0.717, 1.165) is 63.7 Å². The number of nitrogens with zero attached hydrogens (tertiary/aromatic N) is 5. The highest BCUT2D eigenvalue weighted by atomic mass is 35.5. The SMILES string of the molecule is Oc1cc(Cl)c(C2CC2)c(-c2nc3nc(OCC45CCCN4CC(F)C5)nc(N4CC5CCC(C4)N5)c3cc2F)c1. The molecule has 0 amide bonds. The minimum atomic E-state index is -0.856. The van der Waals surface area contributed by atoms with Gasteiger partial charge in [0.15, 0.2) is 5.65 Å². The number of fused-ring (bicyclic) bond motifs is 4. The Morgan fingerprint density at radius 3 is 2.66 bits per heavy atom. The number of anilines is 1. The van der Waals surface area contributed by atoms with Crippen molar-refractivity contribution in [3.05, 3.63) is 34.6 Å². The van der Waals surface area contributed by atoms with E-state index in [0.29, 0.717) is 59.1 Å². The van der Waals surface area contributed by atoms with Gasteiger partial charge in [0.1, 0.15) is 35.9 Å². The van der Waals surface area contributed by atoms with E-state index in [9.17, 15) is 9.50 Å². The van der Waals surface area contributed by atoms with Crippen LogP contribution in [0.1, 0.15) is 56.4 Å². The molecule has 4 atom stereocenters. The molecular formula is C30H33ClF2N6O2. The van der Waals surface area contributed by atoms with Crippen LogP contribution in [0.2, 0.25) is 5.02 Å². The molecule has 2 aromatic heterocycles. The Bertz CT molecular complexity index is 1530. The first-order valence-electron chi connectivity index (χ1n) is 14.8. The van der Waals surface area contributed by atoms with Gasteiger partial charge < -0.3 is 20.1 Å². The third kappa shape index (κ3) is 4.49. The van der Waals surface area contributed by atoms with Crippen molar-refractivity contribution in [2.45, 2.75) is 74.7 Å². The summed E-state index contributed by atoms with van der Waals surface area (Å²) in [5, 5.41) is 14.9. The molecule has 4 saturated heterocycles. The minimum Gasteiger partial charge on any atom is -0.508 e. The Balaban J connectivity index is 1.23. The average Bonchev–Trinajstić information content (AvgIpc) is 3.51. The van der Waals surface area contributed by atoms with Gasteiger partial charge in [0.25, 0.3) is 0 Å². The molecule has 3 aromatic rings. The van der Waals surface area contributed by atoms with Crippen molar-refractivity contribution in [3.8, 4) is 23.0 Å². The maximum absolute atomic E-state index is 15.9. The molecule has 216 valence electrons. The number of aromatic nitrogens is 3. The molecule has 5 aliphatic rings. The number of halogens is 3. The summed E-state index contributed by atoms with van der Waals surface area (Å²) >= 11 is 6.53. The Kier molecular flexibility index (Phi) is 6.06. The Hall–Kier alpha value is -2.82. The molecule has 8 rings (SSSR count). The second-order valence-corrected chi connectivity index (χ2v) is 13.0. The second-order valence-electron chi connectivity index (χ2n) is 12.6. The van der Waals surface area contributed by atoms with Gasteiger partial charge >= 0.3 is 6.01 Å². The van der Waals surface area contributed by atoms with Gasteiger partial charge in [-0.3, -0.25) is 4.90 Å². The molecule has 0 spiro atoms. The van der Waals surface area contributed by atoms with Gasteiger partial charge in [-0.15, -0.1) is 0 Å². The van der Waals surface area contributed by atoms with Crippen LogP contribution < -0.4 is 15.0 Å². The lowest BCUT2D eigenvalue weighted by Crippen LogP contribution is -2.51. The lowest BCUT2D eigenvalue weighted by Gasteiger charge is -2.34. The Morgan fingerprint density at radius 2 is 1.88 bits per heavy atom. The quantitative estimate of drug-likeness (QED) is 0.422. The van der Waals surface area contributed by atoms with Crippen molar-refractivity contribution in [1.82, 2.24) is 25.2 Å². The molecule has 11 heteroatoms. The van der Waals surface area contributed by atoms with Crippen LogP contribution in [-0.4, -0.2) is 81.5 Å². The molecule has 4 unspecified atom stereocenters. The number of hydrogen-bond acceptors (Lipinski definition) is 8. The number of phenolic OH excluding ortho intramolecular Hbond substituents is 1. The summed E-state index contributed by atoms with van der Waals surface area (Å²) in [5.41, 5.74) is 1.38. The number of pyridine rings is 1. The number of hydrogen-bond donors (Lipinski definition) is 2. The molecule has 8 nitrogen and oxygen atoms in total. The molecular weight excluding hydrogens is 550 g/mol. The fourth-order valence-electron chi connectivity index (χ4n) is 7.69. The van der Waals surface area contributed by atoms with Crippen molar-refractivity contribution >= 4 is 28.5 Å². The standard InChI is InChI=1S/C30H33ClF2N6O2/c31-23-9-20(40)8-21(25(23)16-2-3-16)26-24(33)10-22-27(35-26)36-29(37-28(22)38-13-18-4-5-19(14-38)34-18)41-15-30-6-1-7-39(30)12-17(32)11-30/h8-10,16-19,34,40H,1-7,11-15H2. The molecule has 2 N–H and O–H groups in total. The third-order valence-corrected chi connectivity index (χ3v) is 10.0. The van der Waals surface area contributed by atoms with Gasteiger partial charge in [-0.2, -0.15) is 9.97 Å². The zero-order valence-electron chi connectivity index (χ0n) is 22.8. The van der Waals surface area contributed by atoms with Crippen LogP contribution >= 0.6 is 11.6 Å². The fraction of sp³-hybridized carbons (Fsp3) is 0.567. The minimum absolute atomic E-state index is 0.0394. The second kappa shape index (κ2) is 9.61. The maximum Gasteiger partial charge on any atom is 0.320 e. The first kappa shape index (κ1) is 25.9. The molecule has 1 saturated carbocycles. The molecule has 1 aromatic carbocycles. The molecule has 2 bridgehead atoms. The fourth-order valence-corrected chi connectivity index (χ4v) is 8.06. The van der Waals surface area contributed by atoms with Crippen molar-refractivity contribution in [2.75, 3.05) is 37.7 Å². The zero-order valence-corrected chi connectivity index (χ0v) is 23.5. The highest BCUT2D eigenvalue weighted by molar-refractivity contribution is 6.32. The summed E-state index contributed by atoms with van der Waals surface area (Å²) in [5.74, 6) is 0.263. The van der Waals surface area contributed by atoms with Crippen LogP contribution in [0.15, 0.2) is 18.2 Å². The van der Waals surface area contributed by atoms with Gasteiger partial charge in [0.05, 0.1) is 10.9 Å². The van der Waals surface area contributed by atoms with Gasteiger partial charge in [0.2, 0.25) is 0 Å². The number of aromatic hydroxyl groups is 1. The van der Waals surface area contributed by atoms with E-state index in [4.69, 9.17) is 26.3 Å². The summed E-state index contributed by atoms with van der Waals surface area (Å²) in [6.07, 6.45) is 5.59. The van der Waals surface area contributed by atoms with E-state index >= 15 is 4.39 Å². The molecule has 4 aliphatic heterocycles. The maximum atomic E-state index is 15.9. The van der Waals surface area contributed by atoms with E-state index in [1.165, 1.54) is 18.2 Å². The zero-order chi connectivity index (χ0) is 27.9.